The molecule has 0 aromatic heterocycles. The summed E-state index contributed by atoms with van der Waals surface area (Å²) in [5.41, 5.74) is 1.76. The Balaban J connectivity index is 2.87. The van der Waals surface area contributed by atoms with Crippen molar-refractivity contribution in [2.75, 3.05) is 12.4 Å². The van der Waals surface area contributed by atoms with Gasteiger partial charge in [-0.1, -0.05) is 35.0 Å². The molecule has 0 spiro atoms. The lowest BCUT2D eigenvalue weighted by Gasteiger charge is -2.11. The molecule has 0 heterocycles. The van der Waals surface area contributed by atoms with Gasteiger partial charge in [0, 0.05) is 11.1 Å². The highest BCUT2D eigenvalue weighted by Crippen LogP contribution is 2.21. The monoisotopic (exact) mass is 320 g/mol. The largest absolute Gasteiger partial charge is 0.396 e. The SMILES string of the molecule is Cc1c(Br)cccc1CS(=O)(=O)C[C@@H](C)CO. The fourth-order valence-electron chi connectivity index (χ4n) is 1.59. The van der Waals surface area contributed by atoms with E-state index in [0.29, 0.717) is 0 Å². The molecule has 1 rings (SSSR count). The lowest BCUT2D eigenvalue weighted by atomic mass is 10.1. The zero-order valence-corrected chi connectivity index (χ0v) is 12.4. The van der Waals surface area contributed by atoms with Gasteiger partial charge >= 0.3 is 0 Å². The van der Waals surface area contributed by atoms with Crippen molar-refractivity contribution in [2.24, 2.45) is 5.92 Å². The molecule has 0 aliphatic carbocycles. The smallest absolute Gasteiger partial charge is 0.154 e. The van der Waals surface area contributed by atoms with E-state index in [2.05, 4.69) is 15.9 Å². The van der Waals surface area contributed by atoms with Crippen LogP contribution in [0.3, 0.4) is 0 Å². The second-order valence-corrected chi connectivity index (χ2v) is 7.33. The number of rotatable bonds is 5. The summed E-state index contributed by atoms with van der Waals surface area (Å²) in [5.74, 6) is -0.162. The van der Waals surface area contributed by atoms with Crippen LogP contribution in [0.1, 0.15) is 18.1 Å². The summed E-state index contributed by atoms with van der Waals surface area (Å²) in [6, 6.07) is 5.54. The molecule has 0 fully saturated rings. The number of benzene rings is 1. The lowest BCUT2D eigenvalue weighted by molar-refractivity contribution is 0.249. The first kappa shape index (κ1) is 14.7. The van der Waals surface area contributed by atoms with Crippen LogP contribution in [0.4, 0.5) is 0 Å². The third-order valence-corrected chi connectivity index (χ3v) is 5.29. The minimum Gasteiger partial charge on any atom is -0.396 e. The highest BCUT2D eigenvalue weighted by atomic mass is 79.9. The summed E-state index contributed by atoms with van der Waals surface area (Å²) in [4.78, 5) is 0. The van der Waals surface area contributed by atoms with E-state index in [1.54, 1.807) is 6.92 Å². The highest BCUT2D eigenvalue weighted by Gasteiger charge is 2.17. The maximum Gasteiger partial charge on any atom is 0.154 e. The van der Waals surface area contributed by atoms with Crippen LogP contribution in [0.2, 0.25) is 0 Å². The molecule has 1 aromatic carbocycles. The van der Waals surface area contributed by atoms with E-state index < -0.39 is 9.84 Å². The van der Waals surface area contributed by atoms with Gasteiger partial charge in [0.2, 0.25) is 0 Å². The van der Waals surface area contributed by atoms with Crippen LogP contribution in [0.5, 0.6) is 0 Å². The summed E-state index contributed by atoms with van der Waals surface area (Å²) in [6.07, 6.45) is 0. The number of sulfone groups is 1. The van der Waals surface area contributed by atoms with Gasteiger partial charge in [0.05, 0.1) is 11.5 Å². The van der Waals surface area contributed by atoms with Crippen LogP contribution in [-0.4, -0.2) is 25.9 Å². The Hall–Kier alpha value is -0.390. The Kier molecular flexibility index (Phi) is 5.16. The quantitative estimate of drug-likeness (QED) is 0.905. The van der Waals surface area contributed by atoms with E-state index in [-0.39, 0.29) is 24.0 Å². The van der Waals surface area contributed by atoms with Crippen molar-refractivity contribution in [3.05, 3.63) is 33.8 Å². The van der Waals surface area contributed by atoms with Crippen LogP contribution < -0.4 is 0 Å². The van der Waals surface area contributed by atoms with Gasteiger partial charge in [-0.3, -0.25) is 0 Å². The molecule has 1 N–H and O–H groups in total. The maximum atomic E-state index is 11.9. The fourth-order valence-corrected chi connectivity index (χ4v) is 3.87. The Labute approximate surface area is 111 Å². The van der Waals surface area contributed by atoms with Crippen LogP contribution >= 0.6 is 15.9 Å². The van der Waals surface area contributed by atoms with E-state index in [1.165, 1.54) is 0 Å². The predicted molar refractivity (Wildman–Crippen MR) is 72.6 cm³/mol. The molecular weight excluding hydrogens is 304 g/mol. The minimum atomic E-state index is -3.17. The van der Waals surface area contributed by atoms with E-state index in [4.69, 9.17) is 5.11 Å². The van der Waals surface area contributed by atoms with Crippen LogP contribution in [0.25, 0.3) is 0 Å². The Morgan fingerprint density at radius 3 is 2.65 bits per heavy atom. The molecule has 96 valence electrons. The minimum absolute atomic E-state index is 0.0233. The van der Waals surface area contributed by atoms with Gasteiger partial charge in [-0.2, -0.15) is 0 Å². The number of aliphatic hydroxyl groups excluding tert-OH is 1. The van der Waals surface area contributed by atoms with Gasteiger partial charge in [-0.05, 0) is 30.0 Å². The number of hydrogen-bond donors (Lipinski definition) is 1. The van der Waals surface area contributed by atoms with E-state index in [0.717, 1.165) is 15.6 Å². The molecule has 5 heteroatoms. The van der Waals surface area contributed by atoms with Crippen molar-refractivity contribution in [1.82, 2.24) is 0 Å². The fraction of sp³-hybridized carbons (Fsp3) is 0.500. The Bertz CT molecular complexity index is 483. The molecule has 0 saturated heterocycles. The first-order chi connectivity index (χ1) is 7.85. The summed E-state index contributed by atoms with van der Waals surface area (Å²) in [7, 11) is -3.17. The molecular formula is C12H17BrO3S. The molecule has 3 nitrogen and oxygen atoms in total. The number of hydrogen-bond acceptors (Lipinski definition) is 3. The molecule has 0 aliphatic heterocycles. The summed E-state index contributed by atoms with van der Waals surface area (Å²) >= 11 is 3.38. The predicted octanol–water partition coefficient (Wildman–Crippen LogP) is 2.30. The number of halogens is 1. The van der Waals surface area contributed by atoms with E-state index in [9.17, 15) is 8.42 Å². The van der Waals surface area contributed by atoms with Crippen molar-refractivity contribution in [2.45, 2.75) is 19.6 Å². The van der Waals surface area contributed by atoms with Crippen LogP contribution in [0.15, 0.2) is 22.7 Å². The molecule has 1 atom stereocenters. The van der Waals surface area contributed by atoms with Crippen molar-refractivity contribution in [3.63, 3.8) is 0 Å². The average molecular weight is 321 g/mol. The van der Waals surface area contributed by atoms with Gasteiger partial charge in [0.25, 0.3) is 0 Å². The van der Waals surface area contributed by atoms with Crippen molar-refractivity contribution in [1.29, 1.82) is 0 Å². The lowest BCUT2D eigenvalue weighted by Crippen LogP contribution is -2.18. The number of aliphatic hydroxyl groups is 1. The van der Waals surface area contributed by atoms with Crippen molar-refractivity contribution >= 4 is 25.8 Å². The zero-order chi connectivity index (χ0) is 13.1. The van der Waals surface area contributed by atoms with Gasteiger partial charge in [0.15, 0.2) is 9.84 Å². The summed E-state index contributed by atoms with van der Waals surface area (Å²) in [6.45, 7) is 3.52. The highest BCUT2D eigenvalue weighted by molar-refractivity contribution is 9.10. The molecule has 0 radical (unpaired) electrons. The molecule has 17 heavy (non-hydrogen) atoms. The van der Waals surface area contributed by atoms with Crippen LogP contribution in [0, 0.1) is 12.8 Å². The van der Waals surface area contributed by atoms with E-state index in [1.807, 2.05) is 25.1 Å². The topological polar surface area (TPSA) is 54.4 Å². The molecule has 0 bridgehead atoms. The van der Waals surface area contributed by atoms with Crippen LogP contribution in [-0.2, 0) is 15.6 Å². The van der Waals surface area contributed by atoms with Gasteiger partial charge in [0.1, 0.15) is 0 Å². The standard InChI is InChI=1S/C12H17BrO3S/c1-9(6-14)7-17(15,16)8-11-4-3-5-12(13)10(11)2/h3-5,9,14H,6-8H2,1-2H3/t9-/m0/s1. The second kappa shape index (κ2) is 5.98. The third-order valence-electron chi connectivity index (χ3n) is 2.61. The molecule has 0 aliphatic rings. The summed E-state index contributed by atoms with van der Waals surface area (Å²) < 4.78 is 24.7. The molecule has 0 unspecified atom stereocenters. The normalized spacial score (nSPS) is 13.6. The molecule has 0 amide bonds. The Morgan fingerprint density at radius 1 is 1.41 bits per heavy atom. The zero-order valence-electron chi connectivity index (χ0n) is 9.98. The Morgan fingerprint density at radius 2 is 2.06 bits per heavy atom. The maximum absolute atomic E-state index is 11.9. The van der Waals surface area contributed by atoms with Crippen molar-refractivity contribution in [3.8, 4) is 0 Å². The van der Waals surface area contributed by atoms with Gasteiger partial charge in [-0.25, -0.2) is 8.42 Å². The average Bonchev–Trinajstić information content (AvgIpc) is 2.23. The molecule has 0 saturated carbocycles. The van der Waals surface area contributed by atoms with Gasteiger partial charge in [-0.15, -0.1) is 0 Å². The first-order valence-electron chi connectivity index (χ1n) is 5.41. The van der Waals surface area contributed by atoms with Gasteiger partial charge < -0.3 is 5.11 Å². The summed E-state index contributed by atoms with van der Waals surface area (Å²) in [5, 5.41) is 8.89. The first-order valence-corrected chi connectivity index (χ1v) is 8.02. The third kappa shape index (κ3) is 4.41. The molecule has 1 aromatic rings. The second-order valence-electron chi connectivity index (χ2n) is 4.37. The van der Waals surface area contributed by atoms with E-state index >= 15 is 0 Å². The van der Waals surface area contributed by atoms with Crippen molar-refractivity contribution < 1.29 is 13.5 Å².